The van der Waals surface area contributed by atoms with Gasteiger partial charge in [0, 0.05) is 12.1 Å². The SMILES string of the molecule is CC(NC1CCCCCCC1)c1ccsc1. The van der Waals surface area contributed by atoms with Gasteiger partial charge in [-0.2, -0.15) is 11.3 Å². The van der Waals surface area contributed by atoms with Gasteiger partial charge in [-0.25, -0.2) is 0 Å². The van der Waals surface area contributed by atoms with Crippen LogP contribution in [-0.2, 0) is 0 Å². The summed E-state index contributed by atoms with van der Waals surface area (Å²) in [6.45, 7) is 2.29. The molecular formula is C14H23NS. The van der Waals surface area contributed by atoms with Crippen molar-refractivity contribution >= 4 is 11.3 Å². The fourth-order valence-electron chi connectivity index (χ4n) is 2.59. The van der Waals surface area contributed by atoms with Crippen molar-refractivity contribution < 1.29 is 0 Å². The van der Waals surface area contributed by atoms with Gasteiger partial charge >= 0.3 is 0 Å². The Hall–Kier alpha value is -0.340. The van der Waals surface area contributed by atoms with Gasteiger partial charge in [0.2, 0.25) is 0 Å². The highest BCUT2D eigenvalue weighted by molar-refractivity contribution is 7.07. The lowest BCUT2D eigenvalue weighted by Gasteiger charge is -2.24. The van der Waals surface area contributed by atoms with Gasteiger partial charge in [0.15, 0.2) is 0 Å². The average molecular weight is 237 g/mol. The zero-order chi connectivity index (χ0) is 11.2. The van der Waals surface area contributed by atoms with Crippen molar-refractivity contribution in [3.8, 4) is 0 Å². The van der Waals surface area contributed by atoms with Crippen LogP contribution in [0.1, 0.15) is 63.5 Å². The van der Waals surface area contributed by atoms with Crippen LogP contribution in [0.3, 0.4) is 0 Å². The molecule has 1 aliphatic carbocycles. The lowest BCUT2D eigenvalue weighted by Crippen LogP contribution is -2.31. The lowest BCUT2D eigenvalue weighted by atomic mass is 9.96. The van der Waals surface area contributed by atoms with Gasteiger partial charge in [-0.3, -0.25) is 0 Å². The normalized spacial score (nSPS) is 21.3. The first-order chi connectivity index (χ1) is 7.86. The molecule has 0 aliphatic heterocycles. The quantitative estimate of drug-likeness (QED) is 0.815. The van der Waals surface area contributed by atoms with Gasteiger partial charge in [0.1, 0.15) is 0 Å². The molecule has 2 rings (SSSR count). The number of hydrogen-bond donors (Lipinski definition) is 1. The molecule has 0 bridgehead atoms. The Morgan fingerprint density at radius 2 is 1.88 bits per heavy atom. The Morgan fingerprint density at radius 1 is 1.19 bits per heavy atom. The van der Waals surface area contributed by atoms with E-state index in [1.54, 1.807) is 11.3 Å². The molecule has 1 aromatic heterocycles. The molecule has 1 atom stereocenters. The molecule has 2 heteroatoms. The van der Waals surface area contributed by atoms with E-state index in [0.29, 0.717) is 6.04 Å². The lowest BCUT2D eigenvalue weighted by molar-refractivity contribution is 0.363. The molecule has 0 radical (unpaired) electrons. The summed E-state index contributed by atoms with van der Waals surface area (Å²) in [7, 11) is 0. The summed E-state index contributed by atoms with van der Waals surface area (Å²) in [4.78, 5) is 0. The minimum absolute atomic E-state index is 0.524. The van der Waals surface area contributed by atoms with E-state index >= 15 is 0 Å². The standard InChI is InChI=1S/C14H23NS/c1-12(13-9-10-16-11-13)15-14-7-5-3-2-4-6-8-14/h9-12,14-15H,2-8H2,1H3. The zero-order valence-corrected chi connectivity index (χ0v) is 11.1. The van der Waals surface area contributed by atoms with Crippen LogP contribution in [0.2, 0.25) is 0 Å². The molecular weight excluding hydrogens is 214 g/mol. The van der Waals surface area contributed by atoms with Crippen molar-refractivity contribution in [1.82, 2.24) is 5.32 Å². The molecule has 1 aromatic rings. The fourth-order valence-corrected chi connectivity index (χ4v) is 3.35. The molecule has 1 aliphatic rings. The van der Waals surface area contributed by atoms with Crippen LogP contribution in [0.25, 0.3) is 0 Å². The van der Waals surface area contributed by atoms with Crippen LogP contribution in [-0.4, -0.2) is 6.04 Å². The van der Waals surface area contributed by atoms with E-state index in [2.05, 4.69) is 29.1 Å². The summed E-state index contributed by atoms with van der Waals surface area (Å²) >= 11 is 1.80. The van der Waals surface area contributed by atoms with Gasteiger partial charge in [0.25, 0.3) is 0 Å². The summed E-state index contributed by atoms with van der Waals surface area (Å²) in [5.41, 5.74) is 1.45. The minimum Gasteiger partial charge on any atom is -0.307 e. The maximum absolute atomic E-state index is 3.80. The smallest absolute Gasteiger partial charge is 0.0302 e. The maximum atomic E-state index is 3.80. The molecule has 1 saturated carbocycles. The second kappa shape index (κ2) is 6.41. The third-order valence-electron chi connectivity index (χ3n) is 3.63. The van der Waals surface area contributed by atoms with Gasteiger partial charge < -0.3 is 5.32 Å². The van der Waals surface area contributed by atoms with Crippen molar-refractivity contribution in [2.24, 2.45) is 0 Å². The molecule has 0 saturated heterocycles. The predicted molar refractivity (Wildman–Crippen MR) is 72.0 cm³/mol. The second-order valence-corrected chi connectivity index (χ2v) is 5.77. The van der Waals surface area contributed by atoms with E-state index in [-0.39, 0.29) is 0 Å². The topological polar surface area (TPSA) is 12.0 Å². The van der Waals surface area contributed by atoms with E-state index in [1.165, 1.54) is 50.5 Å². The Kier molecular flexibility index (Phi) is 4.86. The third kappa shape index (κ3) is 3.60. The van der Waals surface area contributed by atoms with E-state index in [4.69, 9.17) is 0 Å². The number of thiophene rings is 1. The fraction of sp³-hybridized carbons (Fsp3) is 0.714. The monoisotopic (exact) mass is 237 g/mol. The van der Waals surface area contributed by atoms with Crippen LogP contribution in [0.15, 0.2) is 16.8 Å². The Labute approximate surface area is 103 Å². The highest BCUT2D eigenvalue weighted by atomic mass is 32.1. The molecule has 0 aromatic carbocycles. The van der Waals surface area contributed by atoms with Crippen LogP contribution in [0.4, 0.5) is 0 Å². The van der Waals surface area contributed by atoms with E-state index in [1.807, 2.05) is 0 Å². The van der Waals surface area contributed by atoms with Gasteiger partial charge in [-0.1, -0.05) is 32.1 Å². The molecule has 1 unspecified atom stereocenters. The molecule has 1 heterocycles. The number of nitrogens with one attached hydrogen (secondary N) is 1. The summed E-state index contributed by atoms with van der Waals surface area (Å²) in [5, 5.41) is 8.23. The maximum Gasteiger partial charge on any atom is 0.0302 e. The number of hydrogen-bond acceptors (Lipinski definition) is 2. The molecule has 1 fully saturated rings. The highest BCUT2D eigenvalue weighted by Crippen LogP contribution is 2.21. The highest BCUT2D eigenvalue weighted by Gasteiger charge is 2.14. The third-order valence-corrected chi connectivity index (χ3v) is 4.34. The molecule has 90 valence electrons. The van der Waals surface area contributed by atoms with E-state index < -0.39 is 0 Å². The summed E-state index contributed by atoms with van der Waals surface area (Å²) in [5.74, 6) is 0. The Bertz CT molecular complexity index is 273. The predicted octanol–water partition coefficient (Wildman–Crippen LogP) is 4.51. The van der Waals surface area contributed by atoms with Crippen LogP contribution < -0.4 is 5.32 Å². The summed E-state index contributed by atoms with van der Waals surface area (Å²) in [6, 6.07) is 3.51. The second-order valence-electron chi connectivity index (χ2n) is 4.99. The molecule has 0 amide bonds. The Morgan fingerprint density at radius 3 is 2.50 bits per heavy atom. The Balaban J connectivity index is 1.82. The van der Waals surface area contributed by atoms with E-state index in [0.717, 1.165) is 6.04 Å². The van der Waals surface area contributed by atoms with Crippen molar-refractivity contribution in [2.75, 3.05) is 0 Å². The molecule has 0 spiro atoms. The summed E-state index contributed by atoms with van der Waals surface area (Å²) < 4.78 is 0. The first kappa shape index (κ1) is 12.1. The summed E-state index contributed by atoms with van der Waals surface area (Å²) in [6.07, 6.45) is 9.88. The zero-order valence-electron chi connectivity index (χ0n) is 10.2. The van der Waals surface area contributed by atoms with Crippen LogP contribution in [0.5, 0.6) is 0 Å². The minimum atomic E-state index is 0.524. The van der Waals surface area contributed by atoms with Crippen LogP contribution in [0, 0.1) is 0 Å². The first-order valence-corrected chi connectivity index (χ1v) is 7.58. The van der Waals surface area contributed by atoms with Gasteiger partial charge in [-0.05, 0) is 42.2 Å². The van der Waals surface area contributed by atoms with Gasteiger partial charge in [0.05, 0.1) is 0 Å². The molecule has 1 nitrogen and oxygen atoms in total. The van der Waals surface area contributed by atoms with E-state index in [9.17, 15) is 0 Å². The van der Waals surface area contributed by atoms with Gasteiger partial charge in [-0.15, -0.1) is 0 Å². The largest absolute Gasteiger partial charge is 0.307 e. The van der Waals surface area contributed by atoms with Crippen molar-refractivity contribution in [2.45, 2.75) is 64.0 Å². The first-order valence-electron chi connectivity index (χ1n) is 6.64. The van der Waals surface area contributed by atoms with Crippen molar-refractivity contribution in [3.05, 3.63) is 22.4 Å². The van der Waals surface area contributed by atoms with Crippen molar-refractivity contribution in [3.63, 3.8) is 0 Å². The number of rotatable bonds is 3. The van der Waals surface area contributed by atoms with Crippen LogP contribution >= 0.6 is 11.3 Å². The van der Waals surface area contributed by atoms with Crippen molar-refractivity contribution in [1.29, 1.82) is 0 Å². The molecule has 1 N–H and O–H groups in total. The average Bonchev–Trinajstić information content (AvgIpc) is 2.74. The molecule has 16 heavy (non-hydrogen) atoms.